The zero-order chi connectivity index (χ0) is 19.7. The van der Waals surface area contributed by atoms with Gasteiger partial charge in [0.1, 0.15) is 0 Å². The topological polar surface area (TPSA) is 56.4 Å². The lowest BCUT2D eigenvalue weighted by molar-refractivity contribution is -0.143. The van der Waals surface area contributed by atoms with Gasteiger partial charge in [0.25, 0.3) is 0 Å². The molecule has 1 aromatic heterocycles. The summed E-state index contributed by atoms with van der Waals surface area (Å²) in [6, 6.07) is 8.56. The van der Waals surface area contributed by atoms with E-state index in [-0.39, 0.29) is 17.7 Å². The molecule has 0 unspecified atom stereocenters. The summed E-state index contributed by atoms with van der Waals surface area (Å²) >= 11 is 0. The molecule has 2 atom stereocenters. The molecule has 28 heavy (non-hydrogen) atoms. The van der Waals surface area contributed by atoms with Crippen molar-refractivity contribution in [1.82, 2.24) is 14.8 Å². The summed E-state index contributed by atoms with van der Waals surface area (Å²) < 4.78 is 0. The van der Waals surface area contributed by atoms with Crippen LogP contribution in [-0.2, 0) is 16.0 Å². The number of fused-ring (bicyclic) bond motifs is 2. The Kier molecular flexibility index (Phi) is 5.42. The van der Waals surface area contributed by atoms with Crippen molar-refractivity contribution in [3.63, 3.8) is 0 Å². The van der Waals surface area contributed by atoms with Crippen LogP contribution in [-0.4, -0.2) is 52.3 Å². The van der Waals surface area contributed by atoms with Crippen molar-refractivity contribution in [3.8, 4) is 0 Å². The maximum Gasteiger partial charge on any atom is 0.225 e. The third-order valence-electron chi connectivity index (χ3n) is 6.48. The minimum Gasteiger partial charge on any atom is -0.361 e. The number of carbonyl (C=O) groups excluding carboxylic acids is 2. The predicted octanol–water partition coefficient (Wildman–Crippen LogP) is 3.60. The quantitative estimate of drug-likeness (QED) is 0.880. The fourth-order valence-electron chi connectivity index (χ4n) is 5.00. The van der Waals surface area contributed by atoms with E-state index in [4.69, 9.17) is 0 Å². The van der Waals surface area contributed by atoms with E-state index in [1.807, 2.05) is 37.1 Å². The standard InChI is InChI=1S/C23H31N3O2/c1-16(2)23(28)25-13-11-21-18(15-25)6-5-12-26(21)22(27)10-9-17-14-24-20-8-4-3-7-19(17)20/h3-4,7-8,14,16,18,21,24H,5-6,9-13,15H2,1-2H3/t18-,21-/m1/s1. The van der Waals surface area contributed by atoms with Gasteiger partial charge in [-0.2, -0.15) is 0 Å². The Hall–Kier alpha value is -2.30. The first-order valence-corrected chi connectivity index (χ1v) is 10.7. The number of aromatic amines is 1. The molecule has 5 heteroatoms. The summed E-state index contributed by atoms with van der Waals surface area (Å²) in [4.78, 5) is 32.9. The molecule has 0 saturated carbocycles. The minimum atomic E-state index is 0.0500. The third-order valence-corrected chi connectivity index (χ3v) is 6.48. The molecule has 3 heterocycles. The highest BCUT2D eigenvalue weighted by Gasteiger charge is 2.39. The van der Waals surface area contributed by atoms with Gasteiger partial charge in [0, 0.05) is 55.1 Å². The van der Waals surface area contributed by atoms with Gasteiger partial charge in [-0.25, -0.2) is 0 Å². The van der Waals surface area contributed by atoms with Crippen LogP contribution in [0.4, 0.5) is 0 Å². The second-order valence-electron chi connectivity index (χ2n) is 8.64. The monoisotopic (exact) mass is 381 g/mol. The fourth-order valence-corrected chi connectivity index (χ4v) is 5.00. The number of rotatable bonds is 4. The van der Waals surface area contributed by atoms with Crippen LogP contribution in [0.25, 0.3) is 10.9 Å². The highest BCUT2D eigenvalue weighted by Crippen LogP contribution is 2.32. The predicted molar refractivity (Wildman–Crippen MR) is 111 cm³/mol. The van der Waals surface area contributed by atoms with E-state index in [9.17, 15) is 9.59 Å². The summed E-state index contributed by atoms with van der Waals surface area (Å²) in [6.07, 6.45) is 6.45. The lowest BCUT2D eigenvalue weighted by Gasteiger charge is -2.47. The zero-order valence-corrected chi connectivity index (χ0v) is 17.0. The maximum atomic E-state index is 13.0. The molecule has 0 radical (unpaired) electrons. The lowest BCUT2D eigenvalue weighted by atomic mass is 9.83. The molecule has 0 spiro atoms. The molecule has 2 saturated heterocycles. The van der Waals surface area contributed by atoms with Crippen LogP contribution in [0.3, 0.4) is 0 Å². The van der Waals surface area contributed by atoms with E-state index in [0.29, 0.717) is 18.4 Å². The molecular weight excluding hydrogens is 350 g/mol. The van der Waals surface area contributed by atoms with E-state index >= 15 is 0 Å². The summed E-state index contributed by atoms with van der Waals surface area (Å²) in [5.41, 5.74) is 2.35. The number of benzene rings is 1. The van der Waals surface area contributed by atoms with Gasteiger partial charge in [0.15, 0.2) is 0 Å². The van der Waals surface area contributed by atoms with E-state index < -0.39 is 0 Å². The number of carbonyl (C=O) groups is 2. The number of aryl methyl sites for hydroxylation is 1. The van der Waals surface area contributed by atoms with Crippen molar-refractivity contribution < 1.29 is 9.59 Å². The first kappa shape index (κ1) is 19.0. The van der Waals surface area contributed by atoms with Gasteiger partial charge in [-0.05, 0) is 43.2 Å². The molecule has 150 valence electrons. The Balaban J connectivity index is 1.39. The number of piperidine rings is 2. The van der Waals surface area contributed by atoms with Crippen LogP contribution < -0.4 is 0 Å². The summed E-state index contributed by atoms with van der Waals surface area (Å²) in [5, 5.41) is 1.22. The fraction of sp³-hybridized carbons (Fsp3) is 0.565. The number of aromatic nitrogens is 1. The summed E-state index contributed by atoms with van der Waals surface area (Å²) in [7, 11) is 0. The van der Waals surface area contributed by atoms with Gasteiger partial charge >= 0.3 is 0 Å². The second kappa shape index (κ2) is 7.98. The highest BCUT2D eigenvalue weighted by molar-refractivity contribution is 5.84. The van der Waals surface area contributed by atoms with Crippen molar-refractivity contribution in [1.29, 1.82) is 0 Å². The van der Waals surface area contributed by atoms with Crippen molar-refractivity contribution in [2.45, 2.75) is 52.0 Å². The van der Waals surface area contributed by atoms with Crippen LogP contribution in [0.15, 0.2) is 30.5 Å². The first-order valence-electron chi connectivity index (χ1n) is 10.7. The van der Waals surface area contributed by atoms with Crippen LogP contribution in [0.5, 0.6) is 0 Å². The van der Waals surface area contributed by atoms with Crippen LogP contribution in [0.1, 0.15) is 45.1 Å². The Labute approximate surface area is 167 Å². The SMILES string of the molecule is CC(C)C(=O)N1CC[C@@H]2[C@H](CCCN2C(=O)CCc2c[nH]c3ccccc23)C1. The molecular formula is C23H31N3O2. The molecule has 0 aliphatic carbocycles. The van der Waals surface area contributed by atoms with Crippen molar-refractivity contribution in [3.05, 3.63) is 36.0 Å². The Bertz CT molecular complexity index is 856. The minimum absolute atomic E-state index is 0.0500. The number of likely N-dealkylation sites (tertiary alicyclic amines) is 2. The number of hydrogen-bond acceptors (Lipinski definition) is 2. The van der Waals surface area contributed by atoms with Crippen molar-refractivity contribution in [2.75, 3.05) is 19.6 Å². The second-order valence-corrected chi connectivity index (χ2v) is 8.64. The number of amides is 2. The average molecular weight is 382 g/mol. The maximum absolute atomic E-state index is 13.0. The molecule has 1 N–H and O–H groups in total. The van der Waals surface area contributed by atoms with Crippen LogP contribution in [0.2, 0.25) is 0 Å². The van der Waals surface area contributed by atoms with Crippen LogP contribution in [0, 0.1) is 11.8 Å². The number of para-hydroxylation sites is 1. The van der Waals surface area contributed by atoms with Gasteiger partial charge in [-0.15, -0.1) is 0 Å². The van der Waals surface area contributed by atoms with E-state index in [1.165, 1.54) is 10.9 Å². The molecule has 2 aliphatic rings. The number of nitrogens with one attached hydrogen (secondary N) is 1. The van der Waals surface area contributed by atoms with Gasteiger partial charge < -0.3 is 14.8 Å². The average Bonchev–Trinajstić information content (AvgIpc) is 3.13. The Morgan fingerprint density at radius 1 is 1.18 bits per heavy atom. The third kappa shape index (κ3) is 3.67. The van der Waals surface area contributed by atoms with Gasteiger partial charge in [-0.1, -0.05) is 32.0 Å². The molecule has 2 aliphatic heterocycles. The van der Waals surface area contributed by atoms with Crippen molar-refractivity contribution in [2.24, 2.45) is 11.8 Å². The number of hydrogen-bond donors (Lipinski definition) is 1. The van der Waals surface area contributed by atoms with Gasteiger partial charge in [0.2, 0.25) is 11.8 Å². The van der Waals surface area contributed by atoms with E-state index in [0.717, 1.165) is 50.8 Å². The molecule has 2 amide bonds. The Morgan fingerprint density at radius 2 is 2.00 bits per heavy atom. The van der Waals surface area contributed by atoms with Crippen molar-refractivity contribution >= 4 is 22.7 Å². The molecule has 1 aromatic carbocycles. The van der Waals surface area contributed by atoms with Gasteiger partial charge in [-0.3, -0.25) is 9.59 Å². The van der Waals surface area contributed by atoms with E-state index in [2.05, 4.69) is 22.0 Å². The molecule has 2 fully saturated rings. The highest BCUT2D eigenvalue weighted by atomic mass is 16.2. The van der Waals surface area contributed by atoms with Gasteiger partial charge in [0.05, 0.1) is 0 Å². The number of nitrogens with zero attached hydrogens (tertiary/aromatic N) is 2. The zero-order valence-electron chi connectivity index (χ0n) is 17.0. The largest absolute Gasteiger partial charge is 0.361 e. The molecule has 5 nitrogen and oxygen atoms in total. The van der Waals surface area contributed by atoms with E-state index in [1.54, 1.807) is 0 Å². The summed E-state index contributed by atoms with van der Waals surface area (Å²) in [5.74, 6) is 1.00. The molecule has 0 bridgehead atoms. The lowest BCUT2D eigenvalue weighted by Crippen LogP contribution is -2.57. The summed E-state index contributed by atoms with van der Waals surface area (Å²) in [6.45, 7) is 6.40. The molecule has 4 rings (SSSR count). The smallest absolute Gasteiger partial charge is 0.225 e. The number of H-pyrrole nitrogens is 1. The normalized spacial score (nSPS) is 22.5. The molecule has 2 aromatic rings. The van der Waals surface area contributed by atoms with Crippen LogP contribution >= 0.6 is 0 Å². The first-order chi connectivity index (χ1) is 13.5. The Morgan fingerprint density at radius 3 is 2.82 bits per heavy atom.